The molecule has 0 unspecified atom stereocenters. The molecule has 6 aromatic carbocycles. The van der Waals surface area contributed by atoms with Crippen LogP contribution in [0, 0.1) is 0 Å². The van der Waals surface area contributed by atoms with Crippen molar-refractivity contribution in [1.82, 2.24) is 15.0 Å². The molecule has 0 atom stereocenters. The SMILES string of the molecule is c1ccc(-c2cc(-c3ccccc3)nc(-c3cccc(-c4nc5ccccc5c5cc6c(cc45)oc4ccccc46)c3)n2)cc1. The lowest BCUT2D eigenvalue weighted by Gasteiger charge is -2.12. The highest BCUT2D eigenvalue weighted by molar-refractivity contribution is 6.18. The van der Waals surface area contributed by atoms with E-state index in [1.54, 1.807) is 0 Å². The number of rotatable bonds is 4. The fraction of sp³-hybridized carbons (Fsp3) is 0. The van der Waals surface area contributed by atoms with E-state index < -0.39 is 0 Å². The lowest BCUT2D eigenvalue weighted by atomic mass is 9.97. The summed E-state index contributed by atoms with van der Waals surface area (Å²) in [6.45, 7) is 0. The van der Waals surface area contributed by atoms with E-state index in [1.165, 1.54) is 0 Å². The number of para-hydroxylation sites is 2. The van der Waals surface area contributed by atoms with Gasteiger partial charge in [0.05, 0.1) is 22.6 Å². The molecule has 0 bridgehead atoms. The lowest BCUT2D eigenvalue weighted by Crippen LogP contribution is -1.96. The topological polar surface area (TPSA) is 51.8 Å². The van der Waals surface area contributed by atoms with Gasteiger partial charge < -0.3 is 4.42 Å². The van der Waals surface area contributed by atoms with E-state index in [4.69, 9.17) is 19.4 Å². The summed E-state index contributed by atoms with van der Waals surface area (Å²) in [5, 5.41) is 5.53. The molecule has 0 spiro atoms. The summed E-state index contributed by atoms with van der Waals surface area (Å²) in [5.41, 5.74) is 9.36. The summed E-state index contributed by atoms with van der Waals surface area (Å²) in [5.74, 6) is 0.668. The largest absolute Gasteiger partial charge is 0.456 e. The highest BCUT2D eigenvalue weighted by Crippen LogP contribution is 2.39. The van der Waals surface area contributed by atoms with Crippen molar-refractivity contribution in [2.75, 3.05) is 0 Å². The second-order valence-electron chi connectivity index (χ2n) is 11.2. The Labute approximate surface area is 259 Å². The summed E-state index contributed by atoms with van der Waals surface area (Å²) in [4.78, 5) is 15.3. The van der Waals surface area contributed by atoms with E-state index in [-0.39, 0.29) is 0 Å². The molecule has 0 saturated carbocycles. The zero-order valence-electron chi connectivity index (χ0n) is 24.2. The molecular weight excluding hydrogens is 550 g/mol. The minimum atomic E-state index is 0.668. The van der Waals surface area contributed by atoms with Crippen LogP contribution in [-0.2, 0) is 0 Å². The average molecular weight is 576 g/mol. The normalized spacial score (nSPS) is 11.6. The van der Waals surface area contributed by atoms with Gasteiger partial charge in [-0.15, -0.1) is 0 Å². The van der Waals surface area contributed by atoms with Crippen LogP contribution in [0.5, 0.6) is 0 Å². The fourth-order valence-electron chi connectivity index (χ4n) is 6.29. The number of furan rings is 1. The zero-order valence-corrected chi connectivity index (χ0v) is 24.2. The first-order valence-electron chi connectivity index (χ1n) is 15.0. The maximum atomic E-state index is 6.32. The van der Waals surface area contributed by atoms with E-state index in [1.807, 2.05) is 54.6 Å². The average Bonchev–Trinajstić information content (AvgIpc) is 3.48. The molecular formula is C41H25N3O. The van der Waals surface area contributed by atoms with Gasteiger partial charge in [0.25, 0.3) is 0 Å². The van der Waals surface area contributed by atoms with E-state index in [0.29, 0.717) is 5.82 Å². The summed E-state index contributed by atoms with van der Waals surface area (Å²) in [6.07, 6.45) is 0. The van der Waals surface area contributed by atoms with Crippen molar-refractivity contribution in [3.8, 4) is 45.2 Å². The Morgan fingerprint density at radius 2 is 0.978 bits per heavy atom. The van der Waals surface area contributed by atoms with Crippen molar-refractivity contribution in [1.29, 1.82) is 0 Å². The molecule has 0 aliphatic heterocycles. The van der Waals surface area contributed by atoms with Crippen LogP contribution in [-0.4, -0.2) is 15.0 Å². The van der Waals surface area contributed by atoms with Gasteiger partial charge in [0.2, 0.25) is 0 Å². The van der Waals surface area contributed by atoms with Gasteiger partial charge in [-0.05, 0) is 41.8 Å². The maximum absolute atomic E-state index is 6.32. The Morgan fingerprint density at radius 1 is 0.356 bits per heavy atom. The van der Waals surface area contributed by atoms with E-state index >= 15 is 0 Å². The molecule has 0 fully saturated rings. The van der Waals surface area contributed by atoms with Crippen molar-refractivity contribution in [3.63, 3.8) is 0 Å². The van der Waals surface area contributed by atoms with Crippen LogP contribution in [0.25, 0.3) is 88.8 Å². The van der Waals surface area contributed by atoms with Crippen LogP contribution < -0.4 is 0 Å². The third kappa shape index (κ3) is 4.35. The highest BCUT2D eigenvalue weighted by Gasteiger charge is 2.17. The van der Waals surface area contributed by atoms with E-state index in [2.05, 4.69) is 97.1 Å². The third-order valence-electron chi connectivity index (χ3n) is 8.46. The number of hydrogen-bond donors (Lipinski definition) is 0. The lowest BCUT2D eigenvalue weighted by molar-refractivity contribution is 0.669. The number of pyridine rings is 1. The van der Waals surface area contributed by atoms with Crippen LogP contribution in [0.1, 0.15) is 0 Å². The summed E-state index contributed by atoms with van der Waals surface area (Å²) in [6, 6.07) is 51.9. The molecule has 3 aromatic heterocycles. The predicted molar refractivity (Wildman–Crippen MR) is 184 cm³/mol. The van der Waals surface area contributed by atoms with Crippen LogP contribution in [0.3, 0.4) is 0 Å². The summed E-state index contributed by atoms with van der Waals surface area (Å²) < 4.78 is 6.32. The predicted octanol–water partition coefficient (Wildman–Crippen LogP) is 10.7. The van der Waals surface area contributed by atoms with Crippen LogP contribution in [0.4, 0.5) is 0 Å². The van der Waals surface area contributed by atoms with Crippen LogP contribution in [0.15, 0.2) is 156 Å². The van der Waals surface area contributed by atoms with Crippen molar-refractivity contribution in [2.24, 2.45) is 0 Å². The molecule has 3 heterocycles. The summed E-state index contributed by atoms with van der Waals surface area (Å²) >= 11 is 0. The van der Waals surface area contributed by atoms with Crippen LogP contribution >= 0.6 is 0 Å². The van der Waals surface area contributed by atoms with Gasteiger partial charge in [-0.25, -0.2) is 15.0 Å². The zero-order chi connectivity index (χ0) is 29.7. The molecule has 9 rings (SSSR count). The Hall–Kier alpha value is -6.13. The smallest absolute Gasteiger partial charge is 0.160 e. The Morgan fingerprint density at radius 3 is 1.73 bits per heavy atom. The van der Waals surface area contributed by atoms with Gasteiger partial charge in [0.1, 0.15) is 11.2 Å². The van der Waals surface area contributed by atoms with Crippen molar-refractivity contribution in [3.05, 3.63) is 152 Å². The second-order valence-corrected chi connectivity index (χ2v) is 11.2. The molecule has 0 aliphatic carbocycles. The molecule has 45 heavy (non-hydrogen) atoms. The quantitative estimate of drug-likeness (QED) is 0.196. The number of nitrogens with zero attached hydrogens (tertiary/aromatic N) is 3. The van der Waals surface area contributed by atoms with Gasteiger partial charge in [-0.2, -0.15) is 0 Å². The molecule has 0 aliphatic rings. The first-order chi connectivity index (χ1) is 22.3. The molecule has 210 valence electrons. The standard InChI is InChI=1S/C41H25N3O/c1-3-12-26(13-4-1)36-25-37(27-14-5-2-6-15-27)44-41(43-36)29-17-11-16-28(22-29)40-34-24-39-33(31-19-8-10-21-38(31)45-39)23-32(34)30-18-7-9-20-35(30)42-40/h1-25H. The molecule has 0 saturated heterocycles. The highest BCUT2D eigenvalue weighted by atomic mass is 16.3. The molecule has 4 nitrogen and oxygen atoms in total. The number of hydrogen-bond acceptors (Lipinski definition) is 4. The monoisotopic (exact) mass is 575 g/mol. The van der Waals surface area contributed by atoms with Gasteiger partial charge in [-0.1, -0.05) is 115 Å². The Balaban J connectivity index is 1.27. The molecule has 0 N–H and O–H groups in total. The Kier molecular flexibility index (Phi) is 5.78. The fourth-order valence-corrected chi connectivity index (χ4v) is 6.29. The van der Waals surface area contributed by atoms with Crippen molar-refractivity contribution < 1.29 is 4.42 Å². The van der Waals surface area contributed by atoms with E-state index in [0.717, 1.165) is 82.9 Å². The Bertz CT molecular complexity index is 2480. The molecule has 4 heteroatoms. The van der Waals surface area contributed by atoms with Crippen molar-refractivity contribution >= 4 is 43.6 Å². The van der Waals surface area contributed by atoms with E-state index in [9.17, 15) is 0 Å². The molecule has 0 amide bonds. The first-order valence-corrected chi connectivity index (χ1v) is 15.0. The van der Waals surface area contributed by atoms with Crippen molar-refractivity contribution in [2.45, 2.75) is 0 Å². The molecule has 0 radical (unpaired) electrons. The van der Waals surface area contributed by atoms with Gasteiger partial charge >= 0.3 is 0 Å². The maximum Gasteiger partial charge on any atom is 0.160 e. The van der Waals surface area contributed by atoms with Gasteiger partial charge in [-0.3, -0.25) is 0 Å². The first kappa shape index (κ1) is 25.4. The minimum absolute atomic E-state index is 0.668. The van der Waals surface area contributed by atoms with Crippen LogP contribution in [0.2, 0.25) is 0 Å². The molecule has 9 aromatic rings. The number of aromatic nitrogens is 3. The number of benzene rings is 6. The van der Waals surface area contributed by atoms with Gasteiger partial charge in [0, 0.05) is 43.8 Å². The van der Waals surface area contributed by atoms with Gasteiger partial charge in [0.15, 0.2) is 5.82 Å². The third-order valence-corrected chi connectivity index (χ3v) is 8.46. The second kappa shape index (κ2) is 10.2. The summed E-state index contributed by atoms with van der Waals surface area (Å²) in [7, 11) is 0. The number of fused-ring (bicyclic) bond motifs is 6. The minimum Gasteiger partial charge on any atom is -0.456 e.